The molecule has 0 aromatic heterocycles. The average Bonchev–Trinajstić information content (AvgIpc) is 2.47. The van der Waals surface area contributed by atoms with Crippen molar-refractivity contribution in [1.29, 1.82) is 0 Å². The summed E-state index contributed by atoms with van der Waals surface area (Å²) in [6, 6.07) is 5.26. The zero-order chi connectivity index (χ0) is 19.8. The van der Waals surface area contributed by atoms with Gasteiger partial charge in [0.1, 0.15) is 0 Å². The molecular formula is C20H32N2O3S. The van der Waals surface area contributed by atoms with Crippen LogP contribution in [0.5, 0.6) is 0 Å². The molecule has 0 unspecified atom stereocenters. The molecule has 0 bridgehead atoms. The molecule has 1 saturated carbocycles. The lowest BCUT2D eigenvalue weighted by atomic mass is 9.61. The molecule has 1 aliphatic rings. The normalized spacial score (nSPS) is 19.8. The van der Waals surface area contributed by atoms with Gasteiger partial charge in [0.15, 0.2) is 0 Å². The molecule has 1 amide bonds. The van der Waals surface area contributed by atoms with Crippen LogP contribution in [0, 0.1) is 23.7 Å². The minimum atomic E-state index is -3.31. The molecule has 0 saturated heterocycles. The number of nitrogens with one attached hydrogen (secondary N) is 2. The van der Waals surface area contributed by atoms with Gasteiger partial charge in [0.05, 0.1) is 11.4 Å². The monoisotopic (exact) mass is 380 g/mol. The SMILES string of the molecule is CCS(=O)(=O)Nc1ccc(NC(=O)C2CC(C)(C)CC(C)(C)C2)cc1C. The maximum atomic E-state index is 12.8. The van der Waals surface area contributed by atoms with Gasteiger partial charge in [-0.05, 0) is 67.7 Å². The van der Waals surface area contributed by atoms with Crippen LogP contribution in [0.3, 0.4) is 0 Å². The highest BCUT2D eigenvalue weighted by atomic mass is 32.2. The molecule has 146 valence electrons. The standard InChI is InChI=1S/C20H32N2O3S/c1-7-26(24,25)22-17-9-8-16(10-14(17)2)21-18(23)15-11-19(3,4)13-20(5,6)12-15/h8-10,15,22H,7,11-13H2,1-6H3,(H,21,23). The molecule has 2 rings (SSSR count). The third-order valence-corrected chi connectivity index (χ3v) is 6.36. The van der Waals surface area contributed by atoms with Gasteiger partial charge in [0.2, 0.25) is 15.9 Å². The summed E-state index contributed by atoms with van der Waals surface area (Å²) < 4.78 is 26.0. The number of benzene rings is 1. The zero-order valence-electron chi connectivity index (χ0n) is 16.8. The summed E-state index contributed by atoms with van der Waals surface area (Å²) >= 11 is 0. The Hall–Kier alpha value is -1.56. The minimum Gasteiger partial charge on any atom is -0.326 e. The predicted octanol–water partition coefficient (Wildman–Crippen LogP) is 4.55. The molecule has 0 aliphatic heterocycles. The van der Waals surface area contributed by atoms with E-state index in [4.69, 9.17) is 0 Å². The Morgan fingerprint density at radius 2 is 1.73 bits per heavy atom. The molecule has 0 atom stereocenters. The van der Waals surface area contributed by atoms with Crippen LogP contribution in [-0.4, -0.2) is 20.1 Å². The molecule has 5 nitrogen and oxygen atoms in total. The van der Waals surface area contributed by atoms with Crippen molar-refractivity contribution in [1.82, 2.24) is 0 Å². The fraction of sp³-hybridized carbons (Fsp3) is 0.650. The number of amides is 1. The minimum absolute atomic E-state index is 0.00710. The maximum absolute atomic E-state index is 12.8. The number of rotatable bonds is 5. The Morgan fingerprint density at radius 3 is 2.23 bits per heavy atom. The largest absolute Gasteiger partial charge is 0.326 e. The molecule has 0 heterocycles. The van der Waals surface area contributed by atoms with Gasteiger partial charge in [-0.25, -0.2) is 8.42 Å². The van der Waals surface area contributed by atoms with Gasteiger partial charge in [0.25, 0.3) is 0 Å². The number of carbonyl (C=O) groups is 1. The van der Waals surface area contributed by atoms with E-state index in [0.29, 0.717) is 11.4 Å². The molecular weight excluding hydrogens is 348 g/mol. The quantitative estimate of drug-likeness (QED) is 0.787. The highest BCUT2D eigenvalue weighted by Crippen LogP contribution is 2.48. The van der Waals surface area contributed by atoms with Crippen LogP contribution in [0.25, 0.3) is 0 Å². The van der Waals surface area contributed by atoms with Gasteiger partial charge < -0.3 is 5.32 Å². The van der Waals surface area contributed by atoms with Crippen LogP contribution in [-0.2, 0) is 14.8 Å². The molecule has 0 spiro atoms. The van der Waals surface area contributed by atoms with E-state index in [9.17, 15) is 13.2 Å². The van der Waals surface area contributed by atoms with E-state index in [1.807, 2.05) is 13.0 Å². The van der Waals surface area contributed by atoms with Crippen molar-refractivity contribution in [2.24, 2.45) is 16.7 Å². The summed E-state index contributed by atoms with van der Waals surface area (Å²) in [5.74, 6) is 0.0671. The first-order valence-electron chi connectivity index (χ1n) is 9.24. The van der Waals surface area contributed by atoms with Gasteiger partial charge in [-0.2, -0.15) is 0 Å². The van der Waals surface area contributed by atoms with Crippen molar-refractivity contribution in [3.05, 3.63) is 23.8 Å². The lowest BCUT2D eigenvalue weighted by Crippen LogP contribution is -2.39. The van der Waals surface area contributed by atoms with Crippen molar-refractivity contribution in [3.63, 3.8) is 0 Å². The van der Waals surface area contributed by atoms with Gasteiger partial charge in [-0.3, -0.25) is 9.52 Å². The van der Waals surface area contributed by atoms with Crippen LogP contribution in [0.1, 0.15) is 59.4 Å². The molecule has 1 aromatic rings. The Bertz CT molecular complexity index is 766. The fourth-order valence-corrected chi connectivity index (χ4v) is 5.08. The highest BCUT2D eigenvalue weighted by molar-refractivity contribution is 7.92. The van der Waals surface area contributed by atoms with E-state index < -0.39 is 10.0 Å². The van der Waals surface area contributed by atoms with E-state index >= 15 is 0 Å². The summed E-state index contributed by atoms with van der Waals surface area (Å²) in [7, 11) is -3.31. The van der Waals surface area contributed by atoms with Gasteiger partial charge >= 0.3 is 0 Å². The predicted molar refractivity (Wildman–Crippen MR) is 108 cm³/mol. The number of hydrogen-bond donors (Lipinski definition) is 2. The number of aryl methyl sites for hydroxylation is 1. The zero-order valence-corrected chi connectivity index (χ0v) is 17.6. The van der Waals surface area contributed by atoms with Crippen LogP contribution in [0.4, 0.5) is 11.4 Å². The van der Waals surface area contributed by atoms with Crippen LogP contribution < -0.4 is 10.0 Å². The Kier molecular flexibility index (Phi) is 5.76. The van der Waals surface area contributed by atoms with E-state index in [-0.39, 0.29) is 28.4 Å². The van der Waals surface area contributed by atoms with E-state index in [1.54, 1.807) is 19.1 Å². The summed E-state index contributed by atoms with van der Waals surface area (Å²) in [6.45, 7) is 12.3. The number of hydrogen-bond acceptors (Lipinski definition) is 3. The Morgan fingerprint density at radius 1 is 1.15 bits per heavy atom. The third kappa shape index (κ3) is 5.47. The number of carbonyl (C=O) groups excluding carboxylic acids is 1. The first-order chi connectivity index (χ1) is 11.8. The second-order valence-electron chi connectivity index (χ2n) is 9.13. The van der Waals surface area contributed by atoms with Crippen molar-refractivity contribution in [2.75, 3.05) is 15.8 Å². The second kappa shape index (κ2) is 7.22. The summed E-state index contributed by atoms with van der Waals surface area (Å²) in [6.07, 6.45) is 2.89. The highest BCUT2D eigenvalue weighted by Gasteiger charge is 2.41. The maximum Gasteiger partial charge on any atom is 0.232 e. The first-order valence-corrected chi connectivity index (χ1v) is 10.9. The van der Waals surface area contributed by atoms with Crippen molar-refractivity contribution in [2.45, 2.75) is 60.8 Å². The van der Waals surface area contributed by atoms with E-state index in [1.165, 1.54) is 0 Å². The van der Waals surface area contributed by atoms with Crippen LogP contribution in [0.2, 0.25) is 0 Å². The lowest BCUT2D eigenvalue weighted by molar-refractivity contribution is -0.124. The van der Waals surface area contributed by atoms with Gasteiger partial charge in [-0.1, -0.05) is 27.7 Å². The molecule has 2 N–H and O–H groups in total. The molecule has 1 aromatic carbocycles. The van der Waals surface area contributed by atoms with Crippen molar-refractivity contribution in [3.8, 4) is 0 Å². The molecule has 6 heteroatoms. The van der Waals surface area contributed by atoms with E-state index in [0.717, 1.165) is 24.8 Å². The summed E-state index contributed by atoms with van der Waals surface area (Å²) in [4.78, 5) is 12.8. The van der Waals surface area contributed by atoms with Crippen LogP contribution >= 0.6 is 0 Å². The lowest BCUT2D eigenvalue weighted by Gasteiger charge is -2.44. The number of sulfonamides is 1. The Balaban J connectivity index is 2.11. The average molecular weight is 381 g/mol. The van der Waals surface area contributed by atoms with Crippen molar-refractivity contribution < 1.29 is 13.2 Å². The second-order valence-corrected chi connectivity index (χ2v) is 11.1. The smallest absolute Gasteiger partial charge is 0.232 e. The third-order valence-electron chi connectivity index (χ3n) is 5.07. The molecule has 0 radical (unpaired) electrons. The molecule has 1 aliphatic carbocycles. The van der Waals surface area contributed by atoms with Gasteiger partial charge in [0, 0.05) is 11.6 Å². The first kappa shape index (κ1) is 20.7. The summed E-state index contributed by atoms with van der Waals surface area (Å²) in [5.41, 5.74) is 2.34. The molecule has 1 fully saturated rings. The number of anilines is 2. The topological polar surface area (TPSA) is 75.3 Å². The fourth-order valence-electron chi connectivity index (χ4n) is 4.37. The van der Waals surface area contributed by atoms with Crippen LogP contribution in [0.15, 0.2) is 18.2 Å². The van der Waals surface area contributed by atoms with Crippen molar-refractivity contribution >= 4 is 27.3 Å². The summed E-state index contributed by atoms with van der Waals surface area (Å²) in [5, 5.41) is 3.02. The Labute approximate surface area is 158 Å². The van der Waals surface area contributed by atoms with Gasteiger partial charge in [-0.15, -0.1) is 0 Å². The van der Waals surface area contributed by atoms with E-state index in [2.05, 4.69) is 37.7 Å². The molecule has 26 heavy (non-hydrogen) atoms.